The average molecular weight is 265 g/mol. The van der Waals surface area contributed by atoms with Crippen molar-refractivity contribution in [1.29, 1.82) is 0 Å². The van der Waals surface area contributed by atoms with E-state index in [9.17, 15) is 4.79 Å². The lowest BCUT2D eigenvalue weighted by Crippen LogP contribution is -2.40. The Balaban J connectivity index is 2.85. The molecular weight excluding hydrogens is 242 g/mol. The third-order valence-corrected chi connectivity index (χ3v) is 2.80. The number of hydrogen-bond donors (Lipinski definition) is 2. The Morgan fingerprint density at radius 2 is 1.79 bits per heavy atom. The molecule has 1 aromatic carbocycles. The van der Waals surface area contributed by atoms with Gasteiger partial charge in [0.05, 0.1) is 6.61 Å². The highest BCUT2D eigenvalue weighted by Crippen LogP contribution is 2.26. The number of aliphatic hydroxyl groups is 1. The van der Waals surface area contributed by atoms with Gasteiger partial charge in [0.1, 0.15) is 5.75 Å². The fourth-order valence-corrected chi connectivity index (χ4v) is 1.95. The summed E-state index contributed by atoms with van der Waals surface area (Å²) in [6.07, 6.45) is -0.542. The van der Waals surface area contributed by atoms with Crippen LogP contribution in [0.5, 0.6) is 5.75 Å². The van der Waals surface area contributed by atoms with Gasteiger partial charge in [-0.1, -0.05) is 12.1 Å². The van der Waals surface area contributed by atoms with Crippen molar-refractivity contribution in [3.8, 4) is 5.75 Å². The van der Waals surface area contributed by atoms with Crippen LogP contribution >= 0.6 is 0 Å². The first-order valence-electron chi connectivity index (χ1n) is 6.53. The van der Waals surface area contributed by atoms with E-state index in [1.807, 2.05) is 39.8 Å². The Morgan fingerprint density at radius 3 is 2.21 bits per heavy atom. The number of nitrogens with one attached hydrogen (secondary N) is 1. The van der Waals surface area contributed by atoms with E-state index in [1.165, 1.54) is 0 Å². The van der Waals surface area contributed by atoms with Crippen molar-refractivity contribution in [1.82, 2.24) is 5.32 Å². The fourth-order valence-electron chi connectivity index (χ4n) is 1.95. The fraction of sp³-hybridized carbons (Fsp3) is 0.533. The van der Waals surface area contributed by atoms with Crippen molar-refractivity contribution >= 4 is 5.91 Å². The molecule has 1 unspecified atom stereocenters. The SMILES string of the molecule is Cc1cc(CO)cc(C)c1OC(C)C(=O)NC(C)C. The van der Waals surface area contributed by atoms with Crippen LogP contribution in [0.25, 0.3) is 0 Å². The summed E-state index contributed by atoms with van der Waals surface area (Å²) in [6.45, 7) is 9.39. The summed E-state index contributed by atoms with van der Waals surface area (Å²) in [7, 11) is 0. The molecule has 0 spiro atoms. The van der Waals surface area contributed by atoms with E-state index in [4.69, 9.17) is 9.84 Å². The molecule has 106 valence electrons. The van der Waals surface area contributed by atoms with Gasteiger partial charge in [0.25, 0.3) is 5.91 Å². The van der Waals surface area contributed by atoms with Gasteiger partial charge < -0.3 is 15.2 Å². The Bertz CT molecular complexity index is 432. The number of aliphatic hydroxyl groups excluding tert-OH is 1. The number of carbonyl (C=O) groups is 1. The molecule has 0 aliphatic carbocycles. The Kier molecular flexibility index (Phi) is 5.36. The van der Waals surface area contributed by atoms with Crippen molar-refractivity contribution in [3.05, 3.63) is 28.8 Å². The first-order chi connectivity index (χ1) is 8.85. The van der Waals surface area contributed by atoms with E-state index < -0.39 is 6.10 Å². The summed E-state index contributed by atoms with van der Waals surface area (Å²) in [5, 5.41) is 12.0. The first-order valence-corrected chi connectivity index (χ1v) is 6.53. The molecule has 0 aromatic heterocycles. The lowest BCUT2D eigenvalue weighted by molar-refractivity contribution is -0.127. The smallest absolute Gasteiger partial charge is 0.260 e. The molecule has 0 saturated carbocycles. The molecule has 1 atom stereocenters. The van der Waals surface area contributed by atoms with E-state index >= 15 is 0 Å². The van der Waals surface area contributed by atoms with Crippen LogP contribution in [0.3, 0.4) is 0 Å². The Morgan fingerprint density at radius 1 is 1.26 bits per heavy atom. The third-order valence-electron chi connectivity index (χ3n) is 2.80. The number of amides is 1. The van der Waals surface area contributed by atoms with E-state index in [0.29, 0.717) is 5.75 Å². The van der Waals surface area contributed by atoms with Crippen LogP contribution in [-0.4, -0.2) is 23.2 Å². The highest BCUT2D eigenvalue weighted by molar-refractivity contribution is 5.81. The van der Waals surface area contributed by atoms with E-state index in [-0.39, 0.29) is 18.6 Å². The second kappa shape index (κ2) is 6.57. The highest BCUT2D eigenvalue weighted by atomic mass is 16.5. The van der Waals surface area contributed by atoms with Gasteiger partial charge in [-0.15, -0.1) is 0 Å². The topological polar surface area (TPSA) is 58.6 Å². The molecular formula is C15H23NO3. The second-order valence-corrected chi connectivity index (χ2v) is 5.14. The van der Waals surface area contributed by atoms with Gasteiger partial charge in [0.2, 0.25) is 0 Å². The molecule has 0 aliphatic rings. The van der Waals surface area contributed by atoms with Crippen LogP contribution in [-0.2, 0) is 11.4 Å². The van der Waals surface area contributed by atoms with Gasteiger partial charge >= 0.3 is 0 Å². The minimum atomic E-state index is -0.542. The Labute approximate surface area is 114 Å². The predicted octanol–water partition coefficient (Wildman–Crippen LogP) is 2.09. The van der Waals surface area contributed by atoms with Gasteiger partial charge in [-0.25, -0.2) is 0 Å². The standard InChI is InChI=1S/C15H23NO3/c1-9(2)16-15(18)12(5)19-14-10(3)6-13(8-17)7-11(14)4/h6-7,9,12,17H,8H2,1-5H3,(H,16,18). The molecule has 1 amide bonds. The van der Waals surface area contributed by atoms with Crippen LogP contribution in [0, 0.1) is 13.8 Å². The zero-order chi connectivity index (χ0) is 14.6. The van der Waals surface area contributed by atoms with Crippen LogP contribution in [0.2, 0.25) is 0 Å². The summed E-state index contributed by atoms with van der Waals surface area (Å²) >= 11 is 0. The van der Waals surface area contributed by atoms with E-state index in [1.54, 1.807) is 6.92 Å². The molecule has 0 aliphatic heterocycles. The molecule has 1 aromatic rings. The zero-order valence-corrected chi connectivity index (χ0v) is 12.3. The molecule has 0 heterocycles. The van der Waals surface area contributed by atoms with Crippen LogP contribution in [0.1, 0.15) is 37.5 Å². The largest absolute Gasteiger partial charge is 0.480 e. The van der Waals surface area contributed by atoms with Gasteiger partial charge in [0.15, 0.2) is 6.10 Å². The van der Waals surface area contributed by atoms with Crippen molar-refractivity contribution in [2.24, 2.45) is 0 Å². The Hall–Kier alpha value is -1.55. The van der Waals surface area contributed by atoms with Gasteiger partial charge in [-0.2, -0.15) is 0 Å². The van der Waals surface area contributed by atoms with Gasteiger partial charge in [-0.3, -0.25) is 4.79 Å². The monoisotopic (exact) mass is 265 g/mol. The molecule has 0 radical (unpaired) electrons. The third kappa shape index (κ3) is 4.24. The number of aryl methyl sites for hydroxylation is 2. The molecule has 1 rings (SSSR count). The normalized spacial score (nSPS) is 12.4. The van der Waals surface area contributed by atoms with E-state index in [2.05, 4.69) is 5.32 Å². The molecule has 0 saturated heterocycles. The molecule has 19 heavy (non-hydrogen) atoms. The van der Waals surface area contributed by atoms with Crippen molar-refractivity contribution in [3.63, 3.8) is 0 Å². The highest BCUT2D eigenvalue weighted by Gasteiger charge is 2.17. The maximum Gasteiger partial charge on any atom is 0.260 e. The predicted molar refractivity (Wildman–Crippen MR) is 75.2 cm³/mol. The number of carbonyl (C=O) groups excluding carboxylic acids is 1. The first kappa shape index (κ1) is 15.5. The molecule has 0 bridgehead atoms. The van der Waals surface area contributed by atoms with Crippen molar-refractivity contribution in [2.45, 2.75) is 53.4 Å². The minimum absolute atomic E-state index is 0.00531. The summed E-state index contributed by atoms with van der Waals surface area (Å²) in [5.41, 5.74) is 2.70. The van der Waals surface area contributed by atoms with E-state index in [0.717, 1.165) is 16.7 Å². The molecule has 4 heteroatoms. The molecule has 0 fully saturated rings. The molecule has 2 N–H and O–H groups in total. The summed E-state index contributed by atoms with van der Waals surface area (Å²) in [6, 6.07) is 3.84. The van der Waals surface area contributed by atoms with Crippen LogP contribution < -0.4 is 10.1 Å². The summed E-state index contributed by atoms with van der Waals surface area (Å²) in [5.74, 6) is 0.587. The summed E-state index contributed by atoms with van der Waals surface area (Å²) in [4.78, 5) is 11.8. The lowest BCUT2D eigenvalue weighted by atomic mass is 10.1. The van der Waals surface area contributed by atoms with Crippen molar-refractivity contribution in [2.75, 3.05) is 0 Å². The minimum Gasteiger partial charge on any atom is -0.480 e. The zero-order valence-electron chi connectivity index (χ0n) is 12.3. The summed E-state index contributed by atoms with van der Waals surface area (Å²) < 4.78 is 5.74. The van der Waals surface area contributed by atoms with Gasteiger partial charge in [0, 0.05) is 6.04 Å². The van der Waals surface area contributed by atoms with Crippen LogP contribution in [0.4, 0.5) is 0 Å². The quantitative estimate of drug-likeness (QED) is 0.857. The van der Waals surface area contributed by atoms with Crippen molar-refractivity contribution < 1.29 is 14.6 Å². The maximum atomic E-state index is 11.8. The van der Waals surface area contributed by atoms with Gasteiger partial charge in [-0.05, 0) is 51.3 Å². The number of ether oxygens (including phenoxy) is 1. The average Bonchev–Trinajstić information content (AvgIpc) is 2.32. The molecule has 4 nitrogen and oxygen atoms in total. The lowest BCUT2D eigenvalue weighted by Gasteiger charge is -2.19. The number of rotatable bonds is 5. The van der Waals surface area contributed by atoms with Crippen LogP contribution in [0.15, 0.2) is 12.1 Å². The maximum absolute atomic E-state index is 11.8. The number of hydrogen-bond acceptors (Lipinski definition) is 3. The second-order valence-electron chi connectivity index (χ2n) is 5.14. The number of benzene rings is 1.